The fraction of sp³-hybridized carbons (Fsp3) is 0.333. The summed E-state index contributed by atoms with van der Waals surface area (Å²) in [7, 11) is 0. The van der Waals surface area contributed by atoms with Gasteiger partial charge in [0.1, 0.15) is 0 Å². The number of benzene rings is 1. The van der Waals surface area contributed by atoms with Gasteiger partial charge in [0.25, 0.3) is 5.91 Å². The van der Waals surface area contributed by atoms with Crippen molar-refractivity contribution in [2.45, 2.75) is 26.6 Å². The highest BCUT2D eigenvalue weighted by Crippen LogP contribution is 2.12. The van der Waals surface area contributed by atoms with Gasteiger partial charge in [0, 0.05) is 11.1 Å². The Bertz CT molecular complexity index is 458. The Morgan fingerprint density at radius 3 is 2.39 bits per heavy atom. The van der Waals surface area contributed by atoms with Crippen LogP contribution in [0.4, 0.5) is 0 Å². The second-order valence-corrected chi connectivity index (χ2v) is 4.12. The lowest BCUT2D eigenvalue weighted by Gasteiger charge is -2.10. The van der Waals surface area contributed by atoms with Crippen LogP contribution in [0.2, 0.25) is 0 Å². The Balaban J connectivity index is 3.06. The quantitative estimate of drug-likeness (QED) is 0.397. The number of amides is 2. The van der Waals surface area contributed by atoms with Crippen LogP contribution in [0.25, 0.3) is 0 Å². The molecule has 0 aliphatic rings. The third-order valence-corrected chi connectivity index (χ3v) is 2.25. The molecule has 18 heavy (non-hydrogen) atoms. The number of ether oxygens (including phenoxy) is 1. The Kier molecular flexibility index (Phi) is 4.82. The van der Waals surface area contributed by atoms with Crippen molar-refractivity contribution < 1.29 is 14.3 Å². The van der Waals surface area contributed by atoms with Crippen molar-refractivity contribution in [2.75, 3.05) is 0 Å². The number of primary amides is 1. The summed E-state index contributed by atoms with van der Waals surface area (Å²) in [6.07, 6.45) is 0.0500. The first-order valence-corrected chi connectivity index (χ1v) is 5.50. The normalized spacial score (nSPS) is 10.4. The van der Waals surface area contributed by atoms with Crippen molar-refractivity contribution in [3.8, 4) is 0 Å². The summed E-state index contributed by atoms with van der Waals surface area (Å²) < 4.78 is 5.42. The van der Waals surface area contributed by atoms with E-state index in [9.17, 15) is 9.59 Å². The number of hydrogen-bond donors (Lipinski definition) is 3. The van der Waals surface area contributed by atoms with Crippen LogP contribution < -0.4 is 17.0 Å². The average Bonchev–Trinajstić information content (AvgIpc) is 2.34. The lowest BCUT2D eigenvalue weighted by atomic mass is 10.1. The highest BCUT2D eigenvalue weighted by Gasteiger charge is 2.10. The number of carbonyl (C=O) groups is 2. The maximum absolute atomic E-state index is 11.4. The minimum absolute atomic E-state index is 0.0500. The molecule has 1 aromatic rings. The number of nitrogens with one attached hydrogen (secondary N) is 1. The summed E-state index contributed by atoms with van der Waals surface area (Å²) in [5, 5.41) is 0. The Hall–Kier alpha value is -1.92. The van der Waals surface area contributed by atoms with Crippen LogP contribution in [-0.4, -0.2) is 17.9 Å². The first-order chi connectivity index (χ1) is 8.43. The third kappa shape index (κ3) is 3.83. The van der Waals surface area contributed by atoms with Crippen molar-refractivity contribution in [1.82, 2.24) is 5.43 Å². The smallest absolute Gasteiger partial charge is 0.265 e. The van der Waals surface area contributed by atoms with Crippen LogP contribution in [0.15, 0.2) is 18.2 Å². The largest absolute Gasteiger partial charge is 0.374 e. The molecule has 2 amide bonds. The molecule has 0 saturated heterocycles. The van der Waals surface area contributed by atoms with Crippen LogP contribution in [-0.2, 0) is 11.3 Å². The zero-order valence-electron chi connectivity index (χ0n) is 10.4. The first-order valence-electron chi connectivity index (χ1n) is 5.50. The zero-order valence-corrected chi connectivity index (χ0v) is 10.4. The summed E-state index contributed by atoms with van der Waals surface area (Å²) in [5.41, 5.74) is 8.43. The van der Waals surface area contributed by atoms with Crippen LogP contribution in [0.1, 0.15) is 40.1 Å². The highest BCUT2D eigenvalue weighted by atomic mass is 16.5. The molecule has 6 heteroatoms. The molecule has 0 bridgehead atoms. The number of nitrogens with two attached hydrogens (primary N) is 2. The minimum atomic E-state index is -0.604. The third-order valence-electron chi connectivity index (χ3n) is 2.25. The number of hydrogen-bond acceptors (Lipinski definition) is 4. The SMILES string of the molecule is CC(C)OCc1cc(C(N)=O)cc(C(=O)NN)c1. The second-order valence-electron chi connectivity index (χ2n) is 4.12. The minimum Gasteiger partial charge on any atom is -0.374 e. The molecule has 5 N–H and O–H groups in total. The topological polar surface area (TPSA) is 107 Å². The predicted molar refractivity (Wildman–Crippen MR) is 66.5 cm³/mol. The van der Waals surface area contributed by atoms with Crippen molar-refractivity contribution >= 4 is 11.8 Å². The fourth-order valence-corrected chi connectivity index (χ4v) is 1.39. The molecule has 0 aliphatic heterocycles. The highest BCUT2D eigenvalue weighted by molar-refractivity contribution is 5.99. The zero-order chi connectivity index (χ0) is 13.7. The maximum atomic E-state index is 11.4. The van der Waals surface area contributed by atoms with E-state index in [1.54, 1.807) is 12.1 Å². The Morgan fingerprint density at radius 2 is 1.89 bits per heavy atom. The van der Waals surface area contributed by atoms with Gasteiger partial charge in [0.2, 0.25) is 5.91 Å². The molecule has 0 fully saturated rings. The van der Waals surface area contributed by atoms with E-state index in [4.69, 9.17) is 16.3 Å². The molecule has 0 aromatic heterocycles. The summed E-state index contributed by atoms with van der Waals surface area (Å²) in [6.45, 7) is 4.08. The van der Waals surface area contributed by atoms with Crippen molar-refractivity contribution in [3.63, 3.8) is 0 Å². The van der Waals surface area contributed by atoms with E-state index >= 15 is 0 Å². The molecule has 0 atom stereocenters. The van der Waals surface area contributed by atoms with Crippen LogP contribution >= 0.6 is 0 Å². The molecule has 0 radical (unpaired) electrons. The van der Waals surface area contributed by atoms with Gasteiger partial charge < -0.3 is 10.5 Å². The van der Waals surface area contributed by atoms with Gasteiger partial charge in [-0.05, 0) is 37.6 Å². The van der Waals surface area contributed by atoms with Crippen molar-refractivity contribution in [2.24, 2.45) is 11.6 Å². The fourth-order valence-electron chi connectivity index (χ4n) is 1.39. The number of carbonyl (C=O) groups excluding carboxylic acids is 2. The summed E-state index contributed by atoms with van der Waals surface area (Å²) >= 11 is 0. The molecule has 0 aliphatic carbocycles. The first kappa shape index (κ1) is 14.1. The number of nitrogen functional groups attached to an aromatic ring is 1. The van der Waals surface area contributed by atoms with E-state index in [0.717, 1.165) is 0 Å². The van der Waals surface area contributed by atoms with Crippen LogP contribution in [0, 0.1) is 0 Å². The molecule has 98 valence electrons. The average molecular weight is 251 g/mol. The summed E-state index contributed by atoms with van der Waals surface area (Å²) in [5.74, 6) is 3.97. The van der Waals surface area contributed by atoms with Gasteiger partial charge in [-0.2, -0.15) is 0 Å². The van der Waals surface area contributed by atoms with Crippen LogP contribution in [0.3, 0.4) is 0 Å². The van der Waals surface area contributed by atoms with E-state index < -0.39 is 11.8 Å². The molecule has 0 saturated carbocycles. The molecular weight excluding hydrogens is 234 g/mol. The Morgan fingerprint density at radius 1 is 1.28 bits per heavy atom. The molecule has 1 rings (SSSR count). The van der Waals surface area contributed by atoms with E-state index in [-0.39, 0.29) is 17.2 Å². The summed E-state index contributed by atoms with van der Waals surface area (Å²) in [6, 6.07) is 4.60. The number of rotatable bonds is 5. The molecular formula is C12H17N3O3. The number of hydrazine groups is 1. The van der Waals surface area contributed by atoms with Crippen LogP contribution in [0.5, 0.6) is 0 Å². The van der Waals surface area contributed by atoms with Gasteiger partial charge in [-0.15, -0.1) is 0 Å². The lowest BCUT2D eigenvalue weighted by molar-refractivity contribution is 0.0656. The van der Waals surface area contributed by atoms with E-state index in [1.807, 2.05) is 19.3 Å². The van der Waals surface area contributed by atoms with Gasteiger partial charge in [-0.3, -0.25) is 15.0 Å². The van der Waals surface area contributed by atoms with E-state index in [2.05, 4.69) is 0 Å². The molecule has 0 unspecified atom stereocenters. The predicted octanol–water partition coefficient (Wildman–Crippen LogP) is 0.314. The standard InChI is InChI=1S/C12H17N3O3/c1-7(2)18-6-8-3-9(11(13)16)5-10(4-8)12(17)15-14/h3-5,7H,6,14H2,1-2H3,(H2,13,16)(H,15,17). The van der Waals surface area contributed by atoms with Gasteiger partial charge in [-0.25, -0.2) is 5.84 Å². The van der Waals surface area contributed by atoms with Crippen molar-refractivity contribution in [3.05, 3.63) is 34.9 Å². The Labute approximate surface area is 105 Å². The molecule has 6 nitrogen and oxygen atoms in total. The van der Waals surface area contributed by atoms with Crippen molar-refractivity contribution in [1.29, 1.82) is 0 Å². The molecule has 0 spiro atoms. The lowest BCUT2D eigenvalue weighted by Crippen LogP contribution is -2.30. The van der Waals surface area contributed by atoms with Gasteiger partial charge >= 0.3 is 0 Å². The van der Waals surface area contributed by atoms with E-state index in [1.165, 1.54) is 6.07 Å². The van der Waals surface area contributed by atoms with Gasteiger partial charge in [0.05, 0.1) is 12.7 Å². The van der Waals surface area contributed by atoms with Gasteiger partial charge in [0.15, 0.2) is 0 Å². The maximum Gasteiger partial charge on any atom is 0.265 e. The monoisotopic (exact) mass is 251 g/mol. The molecule has 1 aromatic carbocycles. The molecule has 0 heterocycles. The summed E-state index contributed by atoms with van der Waals surface area (Å²) in [4.78, 5) is 22.6. The van der Waals surface area contributed by atoms with Gasteiger partial charge in [-0.1, -0.05) is 0 Å². The second kappa shape index (κ2) is 6.13. The van der Waals surface area contributed by atoms with E-state index in [0.29, 0.717) is 12.2 Å².